The Morgan fingerprint density at radius 3 is 2.43 bits per heavy atom. The second kappa shape index (κ2) is 10.9. The number of benzene rings is 2. The molecule has 0 spiro atoms. The molecular formula is C25H27ClF3N5O. The van der Waals surface area contributed by atoms with Gasteiger partial charge in [-0.3, -0.25) is 4.79 Å². The molecule has 6 N–H and O–H groups in total. The number of likely N-dealkylation sites (tertiary alicyclic amines) is 1. The summed E-state index contributed by atoms with van der Waals surface area (Å²) in [6.45, 7) is 1.87. The summed E-state index contributed by atoms with van der Waals surface area (Å²) in [7, 11) is 1.60. The van der Waals surface area contributed by atoms with E-state index in [2.05, 4.69) is 5.32 Å². The predicted octanol–water partition coefficient (Wildman–Crippen LogP) is 4.33. The van der Waals surface area contributed by atoms with Crippen LogP contribution in [0.3, 0.4) is 0 Å². The van der Waals surface area contributed by atoms with Gasteiger partial charge in [0.2, 0.25) is 0 Å². The Bertz CT molecular complexity index is 1210. The molecule has 1 heterocycles. The SMILES string of the molecule is CN/C(=C1/CCN(C(=O)c2cc(F)cc(CC/C(N)=C/N)c2Cl)C(C)C1=N)c1cc(F)cc(F)c1. The lowest BCUT2D eigenvalue weighted by Gasteiger charge is -2.36. The summed E-state index contributed by atoms with van der Waals surface area (Å²) in [5.74, 6) is -2.60. The third kappa shape index (κ3) is 5.62. The second-order valence-corrected chi connectivity index (χ2v) is 8.65. The Labute approximate surface area is 206 Å². The summed E-state index contributed by atoms with van der Waals surface area (Å²) in [5.41, 5.74) is 13.2. The van der Waals surface area contributed by atoms with Crippen molar-refractivity contribution < 1.29 is 18.0 Å². The quantitative estimate of drug-likeness (QED) is 0.468. The summed E-state index contributed by atoms with van der Waals surface area (Å²) in [5, 5.41) is 11.7. The van der Waals surface area contributed by atoms with Gasteiger partial charge >= 0.3 is 0 Å². The first-order valence-corrected chi connectivity index (χ1v) is 11.4. The Morgan fingerprint density at radius 2 is 1.83 bits per heavy atom. The smallest absolute Gasteiger partial charge is 0.256 e. The van der Waals surface area contributed by atoms with Crippen molar-refractivity contribution in [2.45, 2.75) is 32.2 Å². The summed E-state index contributed by atoms with van der Waals surface area (Å²) in [6.07, 6.45) is 2.15. The highest BCUT2D eigenvalue weighted by atomic mass is 35.5. The fourth-order valence-electron chi connectivity index (χ4n) is 4.17. The molecule has 2 aromatic carbocycles. The van der Waals surface area contributed by atoms with Crippen molar-refractivity contribution in [2.24, 2.45) is 11.5 Å². The lowest BCUT2D eigenvalue weighted by molar-refractivity contribution is 0.0728. The van der Waals surface area contributed by atoms with E-state index in [1.165, 1.54) is 29.3 Å². The highest BCUT2D eigenvalue weighted by Crippen LogP contribution is 2.31. The van der Waals surface area contributed by atoms with Gasteiger partial charge in [0.25, 0.3) is 5.91 Å². The number of hydrogen-bond donors (Lipinski definition) is 4. The molecule has 0 bridgehead atoms. The molecule has 10 heteroatoms. The monoisotopic (exact) mass is 505 g/mol. The average Bonchev–Trinajstić information content (AvgIpc) is 2.81. The number of nitrogens with two attached hydrogens (primary N) is 2. The molecule has 35 heavy (non-hydrogen) atoms. The van der Waals surface area contributed by atoms with Crippen LogP contribution >= 0.6 is 11.6 Å². The molecule has 1 amide bonds. The van der Waals surface area contributed by atoms with Gasteiger partial charge in [-0.1, -0.05) is 11.6 Å². The number of allylic oxidation sites excluding steroid dienone is 1. The Balaban J connectivity index is 1.91. The molecule has 0 saturated carbocycles. The topological polar surface area (TPSA) is 108 Å². The molecule has 0 aromatic heterocycles. The van der Waals surface area contributed by atoms with Gasteiger partial charge in [0.1, 0.15) is 17.5 Å². The van der Waals surface area contributed by atoms with Gasteiger partial charge in [0.15, 0.2) is 0 Å². The van der Waals surface area contributed by atoms with Crippen LogP contribution in [-0.4, -0.2) is 36.2 Å². The van der Waals surface area contributed by atoms with E-state index >= 15 is 0 Å². The molecule has 1 aliphatic heterocycles. The standard InChI is InChI=1S/C25H27ClF3N5O/c1-13-23(32)20(24(33-2)15-8-16(27)10-17(28)9-15)5-6-34(13)25(35)21-11-18(29)7-14(22(21)26)3-4-19(31)12-30/h7-13,32-33H,3-6,30-31H2,1-2H3/b19-12-,24-20-,32-23?. The van der Waals surface area contributed by atoms with Gasteiger partial charge in [-0.2, -0.15) is 0 Å². The molecule has 186 valence electrons. The van der Waals surface area contributed by atoms with Crippen molar-refractivity contribution in [3.05, 3.63) is 87.0 Å². The first-order valence-electron chi connectivity index (χ1n) is 11.0. The summed E-state index contributed by atoms with van der Waals surface area (Å²) >= 11 is 6.47. The highest BCUT2D eigenvalue weighted by molar-refractivity contribution is 6.34. The number of rotatable bonds is 6. The van der Waals surface area contributed by atoms with E-state index in [-0.39, 0.29) is 34.8 Å². The summed E-state index contributed by atoms with van der Waals surface area (Å²) in [4.78, 5) is 14.8. The number of nitrogens with zero attached hydrogens (tertiary/aromatic N) is 1. The van der Waals surface area contributed by atoms with E-state index in [0.29, 0.717) is 35.4 Å². The zero-order valence-electron chi connectivity index (χ0n) is 19.4. The molecule has 1 atom stereocenters. The van der Waals surface area contributed by atoms with E-state index in [4.69, 9.17) is 28.5 Å². The van der Waals surface area contributed by atoms with E-state index in [1.54, 1.807) is 14.0 Å². The number of hydrogen-bond acceptors (Lipinski definition) is 5. The molecule has 6 nitrogen and oxygen atoms in total. The van der Waals surface area contributed by atoms with Gasteiger partial charge in [0.05, 0.1) is 22.3 Å². The molecule has 1 unspecified atom stereocenters. The van der Waals surface area contributed by atoms with Gasteiger partial charge < -0.3 is 27.1 Å². The van der Waals surface area contributed by atoms with E-state index < -0.39 is 29.4 Å². The highest BCUT2D eigenvalue weighted by Gasteiger charge is 2.33. The van der Waals surface area contributed by atoms with Crippen LogP contribution in [0, 0.1) is 22.9 Å². The summed E-state index contributed by atoms with van der Waals surface area (Å²) in [6, 6.07) is 4.77. The van der Waals surface area contributed by atoms with Crippen LogP contribution < -0.4 is 16.8 Å². The van der Waals surface area contributed by atoms with Crippen LogP contribution in [0.1, 0.15) is 41.3 Å². The fourth-order valence-corrected chi connectivity index (χ4v) is 4.46. The Kier molecular flexibility index (Phi) is 8.11. The zero-order chi connectivity index (χ0) is 25.9. The van der Waals surface area contributed by atoms with Gasteiger partial charge in [-0.25, -0.2) is 13.2 Å². The molecule has 0 aliphatic carbocycles. The van der Waals surface area contributed by atoms with E-state index in [1.807, 2.05) is 0 Å². The van der Waals surface area contributed by atoms with Crippen LogP contribution in [0.5, 0.6) is 0 Å². The normalized spacial score (nSPS) is 18.0. The van der Waals surface area contributed by atoms with E-state index in [9.17, 15) is 18.0 Å². The maximum atomic E-state index is 14.4. The van der Waals surface area contributed by atoms with Crippen LogP contribution in [-0.2, 0) is 6.42 Å². The van der Waals surface area contributed by atoms with Crippen LogP contribution in [0.15, 0.2) is 47.8 Å². The molecular weight excluding hydrogens is 479 g/mol. The van der Waals surface area contributed by atoms with Crippen molar-refractivity contribution in [3.8, 4) is 0 Å². The number of halogens is 4. The third-order valence-electron chi connectivity index (χ3n) is 6.02. The lowest BCUT2D eigenvalue weighted by atomic mass is 9.90. The predicted molar refractivity (Wildman–Crippen MR) is 131 cm³/mol. The third-order valence-corrected chi connectivity index (χ3v) is 6.46. The minimum atomic E-state index is -0.735. The number of piperidine rings is 1. The Hall–Kier alpha value is -3.46. The molecule has 1 saturated heterocycles. The molecule has 2 aromatic rings. The van der Waals surface area contributed by atoms with Crippen LogP contribution in [0.25, 0.3) is 5.70 Å². The summed E-state index contributed by atoms with van der Waals surface area (Å²) < 4.78 is 41.9. The van der Waals surface area contributed by atoms with Gasteiger partial charge in [0, 0.05) is 48.4 Å². The molecule has 3 rings (SSSR count). The first kappa shape index (κ1) is 26.2. The largest absolute Gasteiger partial charge is 0.403 e. The van der Waals surface area contributed by atoms with Crippen molar-refractivity contribution in [2.75, 3.05) is 13.6 Å². The number of aryl methyl sites for hydroxylation is 1. The first-order chi connectivity index (χ1) is 16.6. The number of amides is 1. The van der Waals surface area contributed by atoms with Crippen molar-refractivity contribution in [1.29, 1.82) is 5.41 Å². The minimum Gasteiger partial charge on any atom is -0.403 e. The van der Waals surface area contributed by atoms with Crippen molar-refractivity contribution in [1.82, 2.24) is 10.2 Å². The molecule has 1 aliphatic rings. The zero-order valence-corrected chi connectivity index (χ0v) is 20.1. The fraction of sp³-hybridized carbons (Fsp3) is 0.280. The minimum absolute atomic E-state index is 0.00918. The van der Waals surface area contributed by atoms with Crippen LogP contribution in [0.4, 0.5) is 13.2 Å². The number of carbonyl (C=O) groups excluding carboxylic acids is 1. The van der Waals surface area contributed by atoms with Gasteiger partial charge in [-0.15, -0.1) is 0 Å². The maximum absolute atomic E-state index is 14.4. The average molecular weight is 506 g/mol. The Morgan fingerprint density at radius 1 is 1.20 bits per heavy atom. The van der Waals surface area contributed by atoms with Crippen molar-refractivity contribution >= 4 is 28.9 Å². The van der Waals surface area contributed by atoms with E-state index in [0.717, 1.165) is 12.1 Å². The maximum Gasteiger partial charge on any atom is 0.256 e. The van der Waals surface area contributed by atoms with Crippen molar-refractivity contribution in [3.63, 3.8) is 0 Å². The molecule has 1 fully saturated rings. The van der Waals surface area contributed by atoms with Crippen LogP contribution in [0.2, 0.25) is 5.02 Å². The number of nitrogens with one attached hydrogen (secondary N) is 2. The lowest BCUT2D eigenvalue weighted by Crippen LogP contribution is -2.48. The second-order valence-electron chi connectivity index (χ2n) is 8.27. The molecule has 0 radical (unpaired) electrons. The van der Waals surface area contributed by atoms with Gasteiger partial charge in [-0.05, 0) is 56.0 Å². The number of carbonyl (C=O) groups is 1.